The van der Waals surface area contributed by atoms with Gasteiger partial charge in [-0.1, -0.05) is 31.5 Å². The lowest BCUT2D eigenvalue weighted by Crippen LogP contribution is -2.20. The molecule has 0 saturated carbocycles. The Hall–Kier alpha value is -1.35. The smallest absolute Gasteiger partial charge is 0.0703 e. The Balaban J connectivity index is 2.18. The van der Waals surface area contributed by atoms with Crippen LogP contribution in [-0.4, -0.2) is 15.8 Å². The molecule has 1 heterocycles. The molecule has 0 spiro atoms. The van der Waals surface area contributed by atoms with E-state index in [2.05, 4.69) is 42.8 Å². The molecule has 0 saturated heterocycles. The number of para-hydroxylation sites is 1. The molecule has 0 aliphatic rings. The number of hydrogen-bond donors (Lipinski definition) is 1. The summed E-state index contributed by atoms with van der Waals surface area (Å²) in [6.45, 7) is 5.23. The van der Waals surface area contributed by atoms with E-state index >= 15 is 0 Å². The minimum absolute atomic E-state index is 0.306. The summed E-state index contributed by atoms with van der Waals surface area (Å²) in [6.07, 6.45) is 4.27. The fraction of sp³-hybridized carbons (Fsp3) is 0.533. The summed E-state index contributed by atoms with van der Waals surface area (Å²) in [5.41, 5.74) is 8.51. The number of benzene rings is 1. The molecule has 0 fully saturated rings. The molecule has 0 aliphatic carbocycles. The van der Waals surface area contributed by atoms with Gasteiger partial charge in [0.15, 0.2) is 0 Å². The van der Waals surface area contributed by atoms with Crippen molar-refractivity contribution >= 4 is 10.9 Å². The highest BCUT2D eigenvalue weighted by atomic mass is 15.3. The molecule has 98 valence electrons. The number of nitrogens with zero attached hydrogens (tertiary/aromatic N) is 2. The van der Waals surface area contributed by atoms with Gasteiger partial charge in [0.05, 0.1) is 11.2 Å². The van der Waals surface area contributed by atoms with Gasteiger partial charge < -0.3 is 5.73 Å². The molecule has 3 nitrogen and oxygen atoms in total. The molecular formula is C15H23N3. The van der Waals surface area contributed by atoms with Crippen LogP contribution < -0.4 is 5.73 Å². The van der Waals surface area contributed by atoms with Crippen LogP contribution in [0.1, 0.15) is 38.8 Å². The van der Waals surface area contributed by atoms with Crippen molar-refractivity contribution in [2.24, 2.45) is 5.73 Å². The van der Waals surface area contributed by atoms with E-state index in [0.29, 0.717) is 6.04 Å². The van der Waals surface area contributed by atoms with Gasteiger partial charge in [0.1, 0.15) is 0 Å². The SMILES string of the molecule is CCCC(N)CCc1nn(CC)c2ccccc12. The van der Waals surface area contributed by atoms with Crippen molar-refractivity contribution in [2.75, 3.05) is 0 Å². The van der Waals surface area contributed by atoms with Crippen molar-refractivity contribution in [1.29, 1.82) is 0 Å². The van der Waals surface area contributed by atoms with Crippen LogP contribution in [0.2, 0.25) is 0 Å². The fourth-order valence-corrected chi connectivity index (χ4v) is 2.46. The summed E-state index contributed by atoms with van der Waals surface area (Å²) in [5, 5.41) is 5.98. The lowest BCUT2D eigenvalue weighted by molar-refractivity contribution is 0.553. The van der Waals surface area contributed by atoms with Crippen molar-refractivity contribution in [3.63, 3.8) is 0 Å². The summed E-state index contributed by atoms with van der Waals surface area (Å²) in [6, 6.07) is 8.76. The van der Waals surface area contributed by atoms with E-state index in [1.54, 1.807) is 0 Å². The lowest BCUT2D eigenvalue weighted by Gasteiger charge is -2.08. The number of aromatic nitrogens is 2. The molecule has 2 aromatic rings. The second kappa shape index (κ2) is 6.01. The first-order chi connectivity index (χ1) is 8.76. The topological polar surface area (TPSA) is 43.8 Å². The van der Waals surface area contributed by atoms with Crippen molar-refractivity contribution in [3.8, 4) is 0 Å². The third kappa shape index (κ3) is 2.72. The summed E-state index contributed by atoms with van der Waals surface area (Å²) in [7, 11) is 0. The molecule has 1 unspecified atom stereocenters. The van der Waals surface area contributed by atoms with Gasteiger partial charge >= 0.3 is 0 Å². The highest BCUT2D eigenvalue weighted by molar-refractivity contribution is 5.81. The van der Waals surface area contributed by atoms with E-state index in [1.165, 1.54) is 16.6 Å². The molecule has 2 rings (SSSR count). The normalized spacial score (nSPS) is 13.1. The Bertz CT molecular complexity index is 501. The Morgan fingerprint density at radius 1 is 1.22 bits per heavy atom. The van der Waals surface area contributed by atoms with Crippen LogP contribution >= 0.6 is 0 Å². The first-order valence-electron chi connectivity index (χ1n) is 6.96. The van der Waals surface area contributed by atoms with E-state index in [4.69, 9.17) is 10.8 Å². The van der Waals surface area contributed by atoms with Crippen LogP contribution in [0.15, 0.2) is 24.3 Å². The van der Waals surface area contributed by atoms with E-state index in [1.807, 2.05) is 0 Å². The molecule has 1 atom stereocenters. The average Bonchev–Trinajstić information content (AvgIpc) is 2.75. The van der Waals surface area contributed by atoms with E-state index in [9.17, 15) is 0 Å². The summed E-state index contributed by atoms with van der Waals surface area (Å²) >= 11 is 0. The highest BCUT2D eigenvalue weighted by Crippen LogP contribution is 2.20. The van der Waals surface area contributed by atoms with Crippen LogP contribution in [0.5, 0.6) is 0 Å². The fourth-order valence-electron chi connectivity index (χ4n) is 2.46. The molecule has 0 amide bonds. The van der Waals surface area contributed by atoms with Crippen LogP contribution in [0.4, 0.5) is 0 Å². The number of aryl methyl sites for hydroxylation is 2. The van der Waals surface area contributed by atoms with Crippen molar-refractivity contribution in [1.82, 2.24) is 9.78 Å². The molecule has 2 N–H and O–H groups in total. The molecular weight excluding hydrogens is 222 g/mol. The third-order valence-corrected chi connectivity index (χ3v) is 3.45. The zero-order valence-electron chi connectivity index (χ0n) is 11.4. The molecule has 0 bridgehead atoms. The number of rotatable bonds is 6. The molecule has 0 aliphatic heterocycles. The monoisotopic (exact) mass is 245 g/mol. The summed E-state index contributed by atoms with van der Waals surface area (Å²) in [5.74, 6) is 0. The van der Waals surface area contributed by atoms with Crippen LogP contribution in [-0.2, 0) is 13.0 Å². The maximum Gasteiger partial charge on any atom is 0.0703 e. The lowest BCUT2D eigenvalue weighted by atomic mass is 10.0. The minimum Gasteiger partial charge on any atom is -0.328 e. The largest absolute Gasteiger partial charge is 0.328 e. The van der Waals surface area contributed by atoms with Gasteiger partial charge in [0.2, 0.25) is 0 Å². The molecule has 18 heavy (non-hydrogen) atoms. The molecule has 0 radical (unpaired) electrons. The van der Waals surface area contributed by atoms with Crippen molar-refractivity contribution in [3.05, 3.63) is 30.0 Å². The van der Waals surface area contributed by atoms with Gasteiger partial charge in [-0.2, -0.15) is 5.10 Å². The van der Waals surface area contributed by atoms with Gasteiger partial charge in [-0.15, -0.1) is 0 Å². The second-order valence-corrected chi connectivity index (χ2v) is 4.87. The standard InChI is InChI=1S/C15H23N3/c1-3-7-12(16)10-11-14-13-8-5-6-9-15(13)18(4-2)17-14/h5-6,8-9,12H,3-4,7,10-11,16H2,1-2H3. The predicted octanol–water partition coefficient (Wildman–Crippen LogP) is 3.12. The van der Waals surface area contributed by atoms with Crippen molar-refractivity contribution < 1.29 is 0 Å². The Kier molecular flexibility index (Phi) is 4.37. The number of fused-ring (bicyclic) bond motifs is 1. The molecule has 1 aromatic carbocycles. The third-order valence-electron chi connectivity index (χ3n) is 3.45. The second-order valence-electron chi connectivity index (χ2n) is 4.87. The van der Waals surface area contributed by atoms with Crippen LogP contribution in [0.3, 0.4) is 0 Å². The number of hydrogen-bond acceptors (Lipinski definition) is 2. The van der Waals surface area contributed by atoms with Crippen LogP contribution in [0, 0.1) is 0 Å². The summed E-state index contributed by atoms with van der Waals surface area (Å²) in [4.78, 5) is 0. The van der Waals surface area contributed by atoms with Gasteiger partial charge in [-0.25, -0.2) is 0 Å². The zero-order valence-corrected chi connectivity index (χ0v) is 11.4. The Morgan fingerprint density at radius 2 is 2.00 bits per heavy atom. The Labute approximate surface area is 109 Å². The van der Waals surface area contributed by atoms with Gasteiger partial charge in [0.25, 0.3) is 0 Å². The molecule has 1 aromatic heterocycles. The first-order valence-corrected chi connectivity index (χ1v) is 6.96. The average molecular weight is 245 g/mol. The Morgan fingerprint density at radius 3 is 2.72 bits per heavy atom. The van der Waals surface area contributed by atoms with Gasteiger partial charge in [-0.3, -0.25) is 4.68 Å². The van der Waals surface area contributed by atoms with Gasteiger partial charge in [0, 0.05) is 18.0 Å². The maximum absolute atomic E-state index is 6.08. The first kappa shape index (κ1) is 13.1. The quantitative estimate of drug-likeness (QED) is 0.849. The van der Waals surface area contributed by atoms with Crippen LogP contribution in [0.25, 0.3) is 10.9 Å². The molecule has 3 heteroatoms. The van der Waals surface area contributed by atoms with Gasteiger partial charge in [-0.05, 0) is 32.3 Å². The maximum atomic E-state index is 6.08. The summed E-state index contributed by atoms with van der Waals surface area (Å²) < 4.78 is 2.08. The minimum atomic E-state index is 0.306. The van der Waals surface area contributed by atoms with E-state index < -0.39 is 0 Å². The zero-order chi connectivity index (χ0) is 13.0. The van der Waals surface area contributed by atoms with E-state index in [0.717, 1.165) is 32.2 Å². The predicted molar refractivity (Wildman–Crippen MR) is 76.6 cm³/mol. The van der Waals surface area contributed by atoms with Crippen molar-refractivity contribution in [2.45, 2.75) is 52.1 Å². The highest BCUT2D eigenvalue weighted by Gasteiger charge is 2.10. The number of nitrogens with two attached hydrogens (primary N) is 1. The van der Waals surface area contributed by atoms with E-state index in [-0.39, 0.29) is 0 Å².